The van der Waals surface area contributed by atoms with Crippen molar-refractivity contribution in [2.24, 2.45) is 11.7 Å². The van der Waals surface area contributed by atoms with Gasteiger partial charge in [0.15, 0.2) is 0 Å². The highest BCUT2D eigenvalue weighted by Gasteiger charge is 2.31. The van der Waals surface area contributed by atoms with E-state index < -0.39 is 0 Å². The first-order chi connectivity index (χ1) is 8.72. The third kappa shape index (κ3) is 3.44. The minimum atomic E-state index is 0.536. The summed E-state index contributed by atoms with van der Waals surface area (Å²) in [4.78, 5) is 4.97. The standard InChI is InChI=1S/C14H29N3O/c1-16(2)13-5-7-17(8-6-13)14(10-15)12-4-3-9-18-11-12/h12-14H,3-11,15H2,1-2H3. The Hall–Kier alpha value is -0.160. The Morgan fingerprint density at radius 2 is 2.00 bits per heavy atom. The van der Waals surface area contributed by atoms with Gasteiger partial charge >= 0.3 is 0 Å². The lowest BCUT2D eigenvalue weighted by Gasteiger charge is -2.42. The molecule has 2 heterocycles. The highest BCUT2D eigenvalue weighted by atomic mass is 16.5. The normalized spacial score (nSPS) is 29.7. The molecular weight excluding hydrogens is 226 g/mol. The Balaban J connectivity index is 1.85. The minimum Gasteiger partial charge on any atom is -0.381 e. The maximum atomic E-state index is 6.02. The molecule has 2 N–H and O–H groups in total. The van der Waals surface area contributed by atoms with Gasteiger partial charge in [0, 0.05) is 25.2 Å². The molecule has 2 atom stereocenters. The van der Waals surface area contributed by atoms with Gasteiger partial charge in [-0.3, -0.25) is 4.90 Å². The van der Waals surface area contributed by atoms with Crippen LogP contribution in [0.3, 0.4) is 0 Å². The molecule has 0 radical (unpaired) electrons. The molecule has 18 heavy (non-hydrogen) atoms. The number of rotatable bonds is 4. The number of likely N-dealkylation sites (tertiary alicyclic amines) is 1. The Kier molecular flexibility index (Phi) is 5.42. The summed E-state index contributed by atoms with van der Waals surface area (Å²) in [5.41, 5.74) is 6.02. The van der Waals surface area contributed by atoms with Crippen molar-refractivity contribution < 1.29 is 4.74 Å². The first-order valence-electron chi connectivity index (χ1n) is 7.40. The Bertz CT molecular complexity index is 233. The molecule has 0 aliphatic carbocycles. The van der Waals surface area contributed by atoms with Crippen LogP contribution < -0.4 is 5.73 Å². The molecule has 4 heteroatoms. The zero-order chi connectivity index (χ0) is 13.0. The zero-order valence-electron chi connectivity index (χ0n) is 12.0. The second-order valence-electron chi connectivity index (χ2n) is 6.01. The van der Waals surface area contributed by atoms with Gasteiger partial charge in [0.2, 0.25) is 0 Å². The summed E-state index contributed by atoms with van der Waals surface area (Å²) >= 11 is 0. The number of hydrogen-bond donors (Lipinski definition) is 1. The molecule has 0 aromatic carbocycles. The predicted molar refractivity (Wildman–Crippen MR) is 74.7 cm³/mol. The van der Waals surface area contributed by atoms with Crippen molar-refractivity contribution in [3.63, 3.8) is 0 Å². The fourth-order valence-electron chi connectivity index (χ4n) is 3.44. The molecule has 0 amide bonds. The molecule has 0 aromatic rings. The van der Waals surface area contributed by atoms with Gasteiger partial charge in [0.1, 0.15) is 0 Å². The van der Waals surface area contributed by atoms with Crippen molar-refractivity contribution in [1.82, 2.24) is 9.80 Å². The molecule has 2 unspecified atom stereocenters. The predicted octanol–water partition coefficient (Wildman–Crippen LogP) is 0.766. The molecule has 0 saturated carbocycles. The molecule has 2 rings (SSSR count). The first-order valence-corrected chi connectivity index (χ1v) is 7.40. The van der Waals surface area contributed by atoms with Crippen LogP contribution in [0.25, 0.3) is 0 Å². The number of nitrogens with two attached hydrogens (primary N) is 1. The van der Waals surface area contributed by atoms with Crippen LogP contribution in [-0.4, -0.2) is 68.8 Å². The maximum absolute atomic E-state index is 6.02. The summed E-state index contributed by atoms with van der Waals surface area (Å²) in [5, 5.41) is 0. The van der Waals surface area contributed by atoms with Crippen molar-refractivity contribution in [2.45, 2.75) is 37.8 Å². The van der Waals surface area contributed by atoms with E-state index in [9.17, 15) is 0 Å². The molecule has 2 fully saturated rings. The van der Waals surface area contributed by atoms with Crippen LogP contribution in [0.4, 0.5) is 0 Å². The summed E-state index contributed by atoms with van der Waals surface area (Å²) in [6, 6.07) is 1.29. The van der Waals surface area contributed by atoms with Gasteiger partial charge < -0.3 is 15.4 Å². The SMILES string of the molecule is CN(C)C1CCN(C(CN)C2CCCOC2)CC1. The van der Waals surface area contributed by atoms with Crippen LogP contribution in [0.1, 0.15) is 25.7 Å². The van der Waals surface area contributed by atoms with Gasteiger partial charge in [-0.15, -0.1) is 0 Å². The number of nitrogens with zero attached hydrogens (tertiary/aromatic N) is 2. The van der Waals surface area contributed by atoms with E-state index >= 15 is 0 Å². The lowest BCUT2D eigenvalue weighted by Crippen LogP contribution is -2.52. The average Bonchev–Trinajstić information content (AvgIpc) is 2.41. The van der Waals surface area contributed by atoms with E-state index in [-0.39, 0.29) is 0 Å². The smallest absolute Gasteiger partial charge is 0.0509 e. The molecule has 4 nitrogen and oxygen atoms in total. The molecule has 2 aliphatic heterocycles. The van der Waals surface area contributed by atoms with E-state index in [0.717, 1.165) is 25.8 Å². The molecular formula is C14H29N3O. The maximum Gasteiger partial charge on any atom is 0.0509 e. The summed E-state index contributed by atoms with van der Waals surface area (Å²) < 4.78 is 5.62. The monoisotopic (exact) mass is 255 g/mol. The molecule has 2 saturated heterocycles. The van der Waals surface area contributed by atoms with E-state index in [0.29, 0.717) is 12.0 Å². The molecule has 2 aliphatic rings. The van der Waals surface area contributed by atoms with Gasteiger partial charge in [-0.05, 0) is 58.8 Å². The van der Waals surface area contributed by atoms with Crippen LogP contribution in [0.15, 0.2) is 0 Å². The lowest BCUT2D eigenvalue weighted by atomic mass is 9.90. The average molecular weight is 255 g/mol. The van der Waals surface area contributed by atoms with Crippen molar-refractivity contribution >= 4 is 0 Å². The van der Waals surface area contributed by atoms with E-state index in [1.165, 1.54) is 38.8 Å². The van der Waals surface area contributed by atoms with E-state index in [4.69, 9.17) is 10.5 Å². The fraction of sp³-hybridized carbons (Fsp3) is 1.00. The summed E-state index contributed by atoms with van der Waals surface area (Å²) in [6.45, 7) is 5.02. The fourth-order valence-corrected chi connectivity index (χ4v) is 3.44. The largest absolute Gasteiger partial charge is 0.381 e. The molecule has 106 valence electrons. The summed E-state index contributed by atoms with van der Waals surface area (Å²) in [7, 11) is 4.38. The minimum absolute atomic E-state index is 0.536. The van der Waals surface area contributed by atoms with Crippen LogP contribution in [0, 0.1) is 5.92 Å². The van der Waals surface area contributed by atoms with Gasteiger partial charge in [-0.1, -0.05) is 0 Å². The second-order valence-corrected chi connectivity index (χ2v) is 6.01. The molecule has 0 bridgehead atoms. The van der Waals surface area contributed by atoms with Crippen LogP contribution >= 0.6 is 0 Å². The highest BCUT2D eigenvalue weighted by Crippen LogP contribution is 2.24. The Morgan fingerprint density at radius 3 is 2.50 bits per heavy atom. The Labute approximate surface area is 111 Å². The Morgan fingerprint density at radius 1 is 1.28 bits per heavy atom. The number of hydrogen-bond acceptors (Lipinski definition) is 4. The van der Waals surface area contributed by atoms with E-state index in [1.54, 1.807) is 0 Å². The van der Waals surface area contributed by atoms with Gasteiger partial charge in [-0.2, -0.15) is 0 Å². The summed E-state index contributed by atoms with van der Waals surface area (Å²) in [5.74, 6) is 0.652. The van der Waals surface area contributed by atoms with Crippen LogP contribution in [-0.2, 0) is 4.74 Å². The van der Waals surface area contributed by atoms with Gasteiger partial charge in [0.05, 0.1) is 6.61 Å². The van der Waals surface area contributed by atoms with Crippen LogP contribution in [0.2, 0.25) is 0 Å². The highest BCUT2D eigenvalue weighted by molar-refractivity contribution is 4.86. The van der Waals surface area contributed by atoms with Crippen molar-refractivity contribution in [3.8, 4) is 0 Å². The third-order valence-electron chi connectivity index (χ3n) is 4.68. The van der Waals surface area contributed by atoms with Gasteiger partial charge in [-0.25, -0.2) is 0 Å². The lowest BCUT2D eigenvalue weighted by molar-refractivity contribution is 0.000319. The number of piperidine rings is 1. The number of ether oxygens (including phenoxy) is 1. The van der Waals surface area contributed by atoms with Crippen molar-refractivity contribution in [2.75, 3.05) is 46.9 Å². The van der Waals surface area contributed by atoms with Gasteiger partial charge in [0.25, 0.3) is 0 Å². The molecule has 0 spiro atoms. The second kappa shape index (κ2) is 6.85. The topological polar surface area (TPSA) is 41.7 Å². The zero-order valence-corrected chi connectivity index (χ0v) is 12.0. The first kappa shape index (κ1) is 14.3. The van der Waals surface area contributed by atoms with E-state index in [2.05, 4.69) is 23.9 Å². The van der Waals surface area contributed by atoms with Crippen molar-refractivity contribution in [1.29, 1.82) is 0 Å². The van der Waals surface area contributed by atoms with Crippen molar-refractivity contribution in [3.05, 3.63) is 0 Å². The van der Waals surface area contributed by atoms with Crippen LogP contribution in [0.5, 0.6) is 0 Å². The van der Waals surface area contributed by atoms with E-state index in [1.807, 2.05) is 0 Å². The summed E-state index contributed by atoms with van der Waals surface area (Å²) in [6.07, 6.45) is 5.04. The quantitative estimate of drug-likeness (QED) is 0.805. The molecule has 0 aromatic heterocycles. The third-order valence-corrected chi connectivity index (χ3v) is 4.68.